The second-order valence-electron chi connectivity index (χ2n) is 5.30. The number of halogens is 3. The van der Waals surface area contributed by atoms with Crippen LogP contribution in [-0.2, 0) is 25.2 Å². The summed E-state index contributed by atoms with van der Waals surface area (Å²) in [6.07, 6.45) is -4.86. The molecule has 0 radical (unpaired) electrons. The second kappa shape index (κ2) is 6.27. The van der Waals surface area contributed by atoms with E-state index < -0.39 is 35.6 Å². The number of nitrogens with two attached hydrogens (primary N) is 1. The lowest BCUT2D eigenvalue weighted by Gasteiger charge is -2.21. The molecule has 0 aromatic heterocycles. The summed E-state index contributed by atoms with van der Waals surface area (Å²) in [6, 6.07) is 4.23. The highest BCUT2D eigenvalue weighted by Gasteiger charge is 2.46. The summed E-state index contributed by atoms with van der Waals surface area (Å²) in [4.78, 5) is 24.1. The fourth-order valence-corrected chi connectivity index (χ4v) is 2.36. The van der Waals surface area contributed by atoms with E-state index in [1.165, 1.54) is 12.1 Å². The summed E-state index contributed by atoms with van der Waals surface area (Å²) >= 11 is 0. The van der Waals surface area contributed by atoms with Gasteiger partial charge < -0.3 is 9.47 Å². The van der Waals surface area contributed by atoms with Gasteiger partial charge in [-0.3, -0.25) is 15.3 Å². The Morgan fingerprint density at radius 3 is 2.58 bits per heavy atom. The van der Waals surface area contributed by atoms with Crippen molar-refractivity contribution >= 4 is 17.3 Å². The third kappa shape index (κ3) is 3.28. The predicted octanol–water partition coefficient (Wildman–Crippen LogP) is 2.64. The third-order valence-corrected chi connectivity index (χ3v) is 3.73. The Kier molecular flexibility index (Phi) is 4.70. The second-order valence-corrected chi connectivity index (χ2v) is 5.30. The number of methoxy groups -OCH3 is 1. The summed E-state index contributed by atoms with van der Waals surface area (Å²) in [7, 11) is 1.15. The van der Waals surface area contributed by atoms with E-state index in [0.717, 1.165) is 19.2 Å². The van der Waals surface area contributed by atoms with Crippen LogP contribution in [0.25, 0.3) is 5.57 Å². The first-order valence-corrected chi connectivity index (χ1v) is 7.12. The van der Waals surface area contributed by atoms with Crippen molar-refractivity contribution < 1.29 is 32.2 Å². The van der Waals surface area contributed by atoms with Crippen LogP contribution in [0.1, 0.15) is 30.9 Å². The molecule has 0 saturated heterocycles. The SMILES string of the molecule is CCC1(N)OC(CC(=O)OC)=C(c2cccc(C(F)(F)F)c2)C1=O. The molecule has 1 aromatic carbocycles. The van der Waals surface area contributed by atoms with Crippen molar-refractivity contribution in [2.24, 2.45) is 5.73 Å². The molecule has 1 aliphatic rings. The molecule has 0 fully saturated rings. The molecule has 2 N–H and O–H groups in total. The van der Waals surface area contributed by atoms with E-state index in [-0.39, 0.29) is 23.3 Å². The summed E-state index contributed by atoms with van der Waals surface area (Å²) < 4.78 is 48.6. The molecule has 5 nitrogen and oxygen atoms in total. The first-order chi connectivity index (χ1) is 11.1. The summed E-state index contributed by atoms with van der Waals surface area (Å²) in [5, 5.41) is 0. The van der Waals surface area contributed by atoms with Gasteiger partial charge in [-0.05, 0) is 17.7 Å². The van der Waals surface area contributed by atoms with Crippen LogP contribution in [0.4, 0.5) is 13.2 Å². The summed E-state index contributed by atoms with van der Waals surface area (Å²) in [5.74, 6) is -1.44. The minimum Gasteiger partial charge on any atom is -0.469 e. The highest BCUT2D eigenvalue weighted by molar-refractivity contribution is 6.27. The van der Waals surface area contributed by atoms with E-state index in [4.69, 9.17) is 10.5 Å². The summed E-state index contributed by atoms with van der Waals surface area (Å²) in [6.45, 7) is 1.60. The first-order valence-electron chi connectivity index (χ1n) is 7.12. The van der Waals surface area contributed by atoms with Gasteiger partial charge in [-0.15, -0.1) is 0 Å². The first kappa shape index (κ1) is 18.0. The lowest BCUT2D eigenvalue weighted by Crippen LogP contribution is -2.46. The summed E-state index contributed by atoms with van der Waals surface area (Å²) in [5.41, 5.74) is 3.12. The molecule has 1 aromatic rings. The van der Waals surface area contributed by atoms with Crippen LogP contribution < -0.4 is 5.73 Å². The average molecular weight is 343 g/mol. The Morgan fingerprint density at radius 2 is 2.04 bits per heavy atom. The minimum atomic E-state index is -4.56. The fraction of sp³-hybridized carbons (Fsp3) is 0.375. The highest BCUT2D eigenvalue weighted by atomic mass is 19.4. The number of alkyl halides is 3. The van der Waals surface area contributed by atoms with Crippen molar-refractivity contribution in [1.82, 2.24) is 0 Å². The van der Waals surface area contributed by atoms with Crippen LogP contribution in [-0.4, -0.2) is 24.6 Å². The standard InChI is InChI=1S/C16H16F3NO4/c1-3-15(20)14(22)13(11(24-15)8-12(21)23-2)9-5-4-6-10(7-9)16(17,18)19/h4-7H,3,8,20H2,1-2H3. The minimum absolute atomic E-state index is 0.00509. The maximum Gasteiger partial charge on any atom is 0.416 e. The van der Waals surface area contributed by atoms with Gasteiger partial charge in [0.1, 0.15) is 12.2 Å². The number of hydrogen-bond acceptors (Lipinski definition) is 5. The van der Waals surface area contributed by atoms with Crippen LogP contribution in [0.5, 0.6) is 0 Å². The number of esters is 1. The zero-order valence-corrected chi connectivity index (χ0v) is 13.1. The largest absolute Gasteiger partial charge is 0.469 e. The van der Waals surface area contributed by atoms with Crippen LogP contribution in [0.2, 0.25) is 0 Å². The molecule has 130 valence electrons. The van der Waals surface area contributed by atoms with E-state index in [1.54, 1.807) is 6.92 Å². The van der Waals surface area contributed by atoms with Crippen LogP contribution in [0, 0.1) is 0 Å². The van der Waals surface area contributed by atoms with Gasteiger partial charge in [0, 0.05) is 6.42 Å². The Labute approximate surface area is 136 Å². The molecule has 8 heteroatoms. The molecule has 1 aliphatic heterocycles. The molecule has 0 aliphatic carbocycles. The van der Waals surface area contributed by atoms with Crippen molar-refractivity contribution in [3.05, 3.63) is 41.2 Å². The third-order valence-electron chi connectivity index (χ3n) is 3.73. The molecule has 2 rings (SSSR count). The highest BCUT2D eigenvalue weighted by Crippen LogP contribution is 2.39. The lowest BCUT2D eigenvalue weighted by molar-refractivity contribution is -0.142. The molecule has 0 amide bonds. The number of ketones is 1. The Hall–Kier alpha value is -2.35. The molecular formula is C16H16F3NO4. The quantitative estimate of drug-likeness (QED) is 0.851. The molecule has 1 atom stereocenters. The molecule has 1 unspecified atom stereocenters. The van der Waals surface area contributed by atoms with Crippen molar-refractivity contribution in [2.75, 3.05) is 7.11 Å². The Bertz CT molecular complexity index is 712. The van der Waals surface area contributed by atoms with Crippen molar-refractivity contribution in [2.45, 2.75) is 31.7 Å². The number of hydrogen-bond donors (Lipinski definition) is 1. The monoisotopic (exact) mass is 343 g/mol. The van der Waals surface area contributed by atoms with Gasteiger partial charge in [0.05, 0.1) is 18.2 Å². The van der Waals surface area contributed by atoms with Crippen LogP contribution in [0.3, 0.4) is 0 Å². The zero-order valence-electron chi connectivity index (χ0n) is 13.1. The maximum atomic E-state index is 12.9. The van der Waals surface area contributed by atoms with Gasteiger partial charge in [-0.25, -0.2) is 0 Å². The van der Waals surface area contributed by atoms with Gasteiger partial charge in [0.2, 0.25) is 11.5 Å². The van der Waals surface area contributed by atoms with E-state index >= 15 is 0 Å². The smallest absolute Gasteiger partial charge is 0.416 e. The van der Waals surface area contributed by atoms with Gasteiger partial charge in [-0.1, -0.05) is 19.1 Å². The van der Waals surface area contributed by atoms with Crippen molar-refractivity contribution in [1.29, 1.82) is 0 Å². The molecule has 0 bridgehead atoms. The van der Waals surface area contributed by atoms with Gasteiger partial charge in [0.25, 0.3) is 0 Å². The van der Waals surface area contributed by atoms with E-state index in [2.05, 4.69) is 4.74 Å². The Morgan fingerprint density at radius 1 is 1.38 bits per heavy atom. The van der Waals surface area contributed by atoms with E-state index in [1.807, 2.05) is 0 Å². The maximum absolute atomic E-state index is 12.9. The van der Waals surface area contributed by atoms with Crippen LogP contribution in [0.15, 0.2) is 30.0 Å². The zero-order chi connectivity index (χ0) is 18.1. The number of ether oxygens (including phenoxy) is 2. The van der Waals surface area contributed by atoms with E-state index in [9.17, 15) is 22.8 Å². The predicted molar refractivity (Wildman–Crippen MR) is 78.3 cm³/mol. The van der Waals surface area contributed by atoms with Crippen molar-refractivity contribution in [3.63, 3.8) is 0 Å². The average Bonchev–Trinajstić information content (AvgIpc) is 2.78. The molecular weight excluding hydrogens is 327 g/mol. The number of carbonyl (C=O) groups excluding carboxylic acids is 2. The molecule has 24 heavy (non-hydrogen) atoms. The van der Waals surface area contributed by atoms with Crippen molar-refractivity contribution in [3.8, 4) is 0 Å². The molecule has 0 saturated carbocycles. The van der Waals surface area contributed by atoms with Crippen LogP contribution >= 0.6 is 0 Å². The number of Topliss-reactive ketones (excluding diaryl/α,β-unsaturated/α-hetero) is 1. The normalized spacial score (nSPS) is 21.0. The number of carbonyl (C=O) groups is 2. The van der Waals surface area contributed by atoms with Gasteiger partial charge in [0.15, 0.2) is 0 Å². The number of benzene rings is 1. The topological polar surface area (TPSA) is 78.6 Å². The lowest BCUT2D eigenvalue weighted by atomic mass is 9.94. The Balaban J connectivity index is 2.55. The number of rotatable bonds is 4. The van der Waals surface area contributed by atoms with Gasteiger partial charge in [-0.2, -0.15) is 13.2 Å². The van der Waals surface area contributed by atoms with Gasteiger partial charge >= 0.3 is 12.1 Å². The fourth-order valence-electron chi connectivity index (χ4n) is 2.36. The molecule has 0 spiro atoms. The molecule has 1 heterocycles. The van der Waals surface area contributed by atoms with E-state index in [0.29, 0.717) is 0 Å².